The predicted molar refractivity (Wildman–Crippen MR) is 183 cm³/mol. The van der Waals surface area contributed by atoms with Crippen LogP contribution >= 0.6 is 0 Å². The minimum atomic E-state index is -1.54. The maximum atomic E-state index is 13.3. The van der Waals surface area contributed by atoms with Gasteiger partial charge in [-0.1, -0.05) is 105 Å². The van der Waals surface area contributed by atoms with Crippen LogP contribution in [-0.2, 0) is 0 Å². The van der Waals surface area contributed by atoms with E-state index in [1.807, 2.05) is 98.8 Å². The average molecular weight is 599 g/mol. The van der Waals surface area contributed by atoms with Crippen LogP contribution in [0, 0.1) is 13.8 Å². The van der Waals surface area contributed by atoms with Gasteiger partial charge >= 0.3 is 5.97 Å². The van der Waals surface area contributed by atoms with Crippen molar-refractivity contribution in [1.29, 1.82) is 0 Å². The van der Waals surface area contributed by atoms with Crippen LogP contribution in [0.2, 0.25) is 19.1 Å². The number of esters is 1. The molecule has 5 rings (SSSR count). The normalized spacial score (nSPS) is 11.9. The van der Waals surface area contributed by atoms with E-state index in [2.05, 4.69) is 52.6 Å². The van der Waals surface area contributed by atoms with Crippen LogP contribution in [-0.4, -0.2) is 14.0 Å². The molecule has 0 heterocycles. The second-order valence-electron chi connectivity index (χ2n) is 11.7. The molecule has 0 saturated heterocycles. The number of fused-ring (bicyclic) bond motifs is 1. The Hall–Kier alpha value is -4.75. The van der Waals surface area contributed by atoms with E-state index < -0.39 is 14.0 Å². The van der Waals surface area contributed by atoms with Gasteiger partial charge in [-0.25, -0.2) is 4.79 Å². The molecule has 0 radical (unpaired) electrons. The predicted octanol–water partition coefficient (Wildman–Crippen LogP) is 11.2. The maximum Gasteiger partial charge on any atom is 0.343 e. The highest BCUT2D eigenvalue weighted by molar-refractivity contribution is 6.89. The molecule has 0 amide bonds. The van der Waals surface area contributed by atoms with Crippen molar-refractivity contribution in [3.63, 3.8) is 0 Å². The van der Waals surface area contributed by atoms with Crippen molar-refractivity contribution in [3.8, 4) is 5.75 Å². The molecular formula is C37H38N4O2Si. The zero-order chi connectivity index (χ0) is 31.1. The van der Waals surface area contributed by atoms with E-state index in [1.165, 1.54) is 24.1 Å². The van der Waals surface area contributed by atoms with Gasteiger partial charge in [0.25, 0.3) is 0 Å². The lowest BCUT2D eigenvalue weighted by Gasteiger charge is -2.22. The first-order valence-electron chi connectivity index (χ1n) is 15.1. The number of carbonyl (C=O) groups excluding carboxylic acids is 1. The van der Waals surface area contributed by atoms with Crippen LogP contribution in [0.15, 0.2) is 124 Å². The summed E-state index contributed by atoms with van der Waals surface area (Å²) in [5.74, 6) is -0.0589. The lowest BCUT2D eigenvalue weighted by molar-refractivity contribution is 0.0735. The molecule has 6 nitrogen and oxygen atoms in total. The number of hydrogen-bond acceptors (Lipinski definition) is 6. The third kappa shape index (κ3) is 7.23. The Kier molecular flexibility index (Phi) is 9.55. The minimum Gasteiger partial charge on any atom is -0.421 e. The fourth-order valence-corrected chi connectivity index (χ4v) is 7.70. The minimum absolute atomic E-state index is 0.362. The number of ether oxygens (including phenoxy) is 1. The molecule has 44 heavy (non-hydrogen) atoms. The van der Waals surface area contributed by atoms with E-state index in [9.17, 15) is 4.79 Å². The Bertz CT molecular complexity index is 1850. The number of rotatable bonds is 10. The summed E-state index contributed by atoms with van der Waals surface area (Å²) in [4.78, 5) is 13.3. The van der Waals surface area contributed by atoms with Crippen molar-refractivity contribution in [2.24, 2.45) is 20.5 Å². The fourth-order valence-electron chi connectivity index (χ4n) is 5.11. The highest BCUT2D eigenvalue weighted by atomic mass is 28.3. The van der Waals surface area contributed by atoms with E-state index >= 15 is 0 Å². The van der Waals surface area contributed by atoms with Crippen LogP contribution in [0.25, 0.3) is 10.8 Å². The number of azo groups is 2. The van der Waals surface area contributed by atoms with Gasteiger partial charge < -0.3 is 4.74 Å². The second kappa shape index (κ2) is 13.7. The Morgan fingerprint density at radius 3 is 2.18 bits per heavy atom. The molecule has 0 aliphatic heterocycles. The molecule has 0 aromatic heterocycles. The number of aryl methyl sites for hydroxylation is 2. The molecule has 0 atom stereocenters. The molecule has 0 N–H and O–H groups in total. The lowest BCUT2D eigenvalue weighted by Crippen LogP contribution is -2.41. The number of nitrogens with zero attached hydrogens (tertiary/aromatic N) is 4. The summed E-state index contributed by atoms with van der Waals surface area (Å²) < 4.78 is 5.94. The molecule has 0 aliphatic rings. The van der Waals surface area contributed by atoms with Crippen LogP contribution < -0.4 is 9.92 Å². The molecule has 0 fully saturated rings. The summed E-state index contributed by atoms with van der Waals surface area (Å²) in [5.41, 5.74) is 5.23. The van der Waals surface area contributed by atoms with Gasteiger partial charge in [0.05, 0.1) is 30.7 Å². The standard InChI is InChI=1S/C37H38N4O2Si/c1-6-7-24-44(4,5)31-20-16-29(17-21-31)37(42)43-35-23-18-28-13-9-10-14-32(28)36(35)41-40-34-22-19-30(25-27(34)3)38-39-33-15-11-8-12-26(33)2/h8-23,25H,6-7,24H2,1-5H3/b39-38+,41-40+. The van der Waals surface area contributed by atoms with Crippen molar-refractivity contribution in [3.05, 3.63) is 120 Å². The van der Waals surface area contributed by atoms with E-state index in [-0.39, 0.29) is 0 Å². The van der Waals surface area contributed by atoms with Gasteiger partial charge in [-0.2, -0.15) is 15.3 Å². The Morgan fingerprint density at radius 2 is 1.43 bits per heavy atom. The summed E-state index contributed by atoms with van der Waals surface area (Å²) >= 11 is 0. The quantitative estimate of drug-likeness (QED) is 0.0694. The second-order valence-corrected chi connectivity index (χ2v) is 16.6. The molecule has 0 unspecified atom stereocenters. The topological polar surface area (TPSA) is 75.7 Å². The first kappa shape index (κ1) is 30.7. The fraction of sp³-hybridized carbons (Fsp3) is 0.216. The van der Waals surface area contributed by atoms with E-state index in [1.54, 1.807) is 6.07 Å². The summed E-state index contributed by atoms with van der Waals surface area (Å²) in [6.07, 6.45) is 2.42. The highest BCUT2D eigenvalue weighted by Gasteiger charge is 2.23. The molecule has 0 bridgehead atoms. The van der Waals surface area contributed by atoms with E-state index in [0.717, 1.165) is 33.3 Å². The molecule has 222 valence electrons. The molecule has 0 saturated carbocycles. The molecule has 5 aromatic carbocycles. The van der Waals surface area contributed by atoms with Gasteiger partial charge in [0.15, 0.2) is 5.75 Å². The van der Waals surface area contributed by atoms with Crippen LogP contribution in [0.1, 0.15) is 41.3 Å². The third-order valence-corrected chi connectivity index (χ3v) is 11.5. The van der Waals surface area contributed by atoms with Gasteiger partial charge in [0.2, 0.25) is 0 Å². The van der Waals surface area contributed by atoms with Crippen molar-refractivity contribution >= 4 is 52.8 Å². The largest absolute Gasteiger partial charge is 0.421 e. The molecule has 7 heteroatoms. The Morgan fingerprint density at radius 1 is 0.727 bits per heavy atom. The van der Waals surface area contributed by atoms with Crippen molar-refractivity contribution in [1.82, 2.24) is 0 Å². The Labute approximate surface area is 260 Å². The highest BCUT2D eigenvalue weighted by Crippen LogP contribution is 2.38. The Balaban J connectivity index is 1.39. The van der Waals surface area contributed by atoms with Crippen molar-refractivity contribution < 1.29 is 9.53 Å². The summed E-state index contributed by atoms with van der Waals surface area (Å²) in [6, 6.07) is 34.3. The average Bonchev–Trinajstić information content (AvgIpc) is 3.03. The lowest BCUT2D eigenvalue weighted by atomic mass is 10.1. The zero-order valence-corrected chi connectivity index (χ0v) is 27.0. The van der Waals surface area contributed by atoms with Gasteiger partial charge in [-0.05, 0) is 72.8 Å². The van der Waals surface area contributed by atoms with Gasteiger partial charge in [-0.15, -0.1) is 5.11 Å². The zero-order valence-electron chi connectivity index (χ0n) is 26.0. The first-order valence-corrected chi connectivity index (χ1v) is 18.3. The number of unbranched alkanes of at least 4 members (excludes halogenated alkanes) is 1. The number of benzene rings is 5. The van der Waals surface area contributed by atoms with Crippen LogP contribution in [0.3, 0.4) is 0 Å². The molecule has 0 spiro atoms. The number of carbonyl (C=O) groups is 1. The smallest absolute Gasteiger partial charge is 0.343 e. The van der Waals surface area contributed by atoms with E-state index in [0.29, 0.717) is 22.7 Å². The SMILES string of the molecule is CCCC[Si](C)(C)c1ccc(C(=O)Oc2ccc3ccccc3c2/N=N/c2ccc(/N=N/c3ccccc3C)cc2C)cc1. The van der Waals surface area contributed by atoms with Crippen LogP contribution in [0.4, 0.5) is 22.7 Å². The molecule has 0 aliphatic carbocycles. The van der Waals surface area contributed by atoms with Gasteiger partial charge in [-0.3, -0.25) is 0 Å². The summed E-state index contributed by atoms with van der Waals surface area (Å²) in [6.45, 7) is 11.0. The van der Waals surface area contributed by atoms with Crippen molar-refractivity contribution in [2.45, 2.75) is 52.8 Å². The maximum absolute atomic E-state index is 13.3. The van der Waals surface area contributed by atoms with Crippen molar-refractivity contribution in [2.75, 3.05) is 0 Å². The monoisotopic (exact) mass is 598 g/mol. The van der Waals surface area contributed by atoms with Gasteiger partial charge in [0, 0.05) is 5.39 Å². The molecule has 5 aromatic rings. The first-order chi connectivity index (χ1) is 21.2. The number of hydrogen-bond donors (Lipinski definition) is 0. The van der Waals surface area contributed by atoms with Crippen LogP contribution in [0.5, 0.6) is 5.75 Å². The van der Waals surface area contributed by atoms with Gasteiger partial charge in [0.1, 0.15) is 5.69 Å². The third-order valence-electron chi connectivity index (χ3n) is 7.95. The summed E-state index contributed by atoms with van der Waals surface area (Å²) in [5, 5.41) is 21.2. The summed E-state index contributed by atoms with van der Waals surface area (Å²) in [7, 11) is -1.54. The molecular weight excluding hydrogens is 561 g/mol. The van der Waals surface area contributed by atoms with E-state index in [4.69, 9.17) is 4.74 Å².